The molecule has 2 aliphatic heterocycles. The lowest BCUT2D eigenvalue weighted by Crippen LogP contribution is -2.55. The normalized spacial score (nSPS) is 20.6. The van der Waals surface area contributed by atoms with Crippen LogP contribution in [-0.4, -0.2) is 51.6 Å². The van der Waals surface area contributed by atoms with E-state index in [2.05, 4.69) is 40.9 Å². The Morgan fingerprint density at radius 2 is 2.12 bits per heavy atom. The fourth-order valence-corrected chi connectivity index (χ4v) is 4.14. The van der Waals surface area contributed by atoms with Crippen LogP contribution < -0.4 is 10.2 Å². The molecule has 0 bridgehead atoms. The second-order valence-electron chi connectivity index (χ2n) is 7.48. The van der Waals surface area contributed by atoms with Crippen LogP contribution >= 0.6 is 0 Å². The molecule has 0 radical (unpaired) electrons. The van der Waals surface area contributed by atoms with Gasteiger partial charge in [-0.1, -0.05) is 6.92 Å². The Morgan fingerprint density at radius 3 is 2.85 bits per heavy atom. The van der Waals surface area contributed by atoms with Gasteiger partial charge in [0, 0.05) is 68.3 Å². The van der Waals surface area contributed by atoms with Crippen LogP contribution in [0.2, 0.25) is 0 Å². The zero-order valence-electron chi connectivity index (χ0n) is 15.9. The average Bonchev–Trinajstić information content (AvgIpc) is 3.16. The molecular weight excluding hydrogens is 324 g/mol. The van der Waals surface area contributed by atoms with Crippen molar-refractivity contribution in [1.29, 1.82) is 0 Å². The fourth-order valence-electron chi connectivity index (χ4n) is 4.14. The fraction of sp³-hybridized carbons (Fsp3) is 0.550. The summed E-state index contributed by atoms with van der Waals surface area (Å²) in [6.07, 6.45) is 4.80. The van der Waals surface area contributed by atoms with E-state index in [0.717, 1.165) is 62.0 Å². The van der Waals surface area contributed by atoms with Crippen molar-refractivity contribution >= 4 is 5.82 Å². The van der Waals surface area contributed by atoms with Gasteiger partial charge < -0.3 is 10.2 Å². The molecule has 0 aliphatic carbocycles. The molecular formula is C20H28N6. The van der Waals surface area contributed by atoms with Crippen LogP contribution in [0.3, 0.4) is 0 Å². The number of hydrogen-bond acceptors (Lipinski definition) is 6. The van der Waals surface area contributed by atoms with Crippen molar-refractivity contribution in [3.05, 3.63) is 35.8 Å². The number of pyridine rings is 1. The van der Waals surface area contributed by atoms with Gasteiger partial charge in [0.1, 0.15) is 5.82 Å². The highest BCUT2D eigenvalue weighted by atomic mass is 15.3. The summed E-state index contributed by atoms with van der Waals surface area (Å²) < 4.78 is 0. The lowest BCUT2D eigenvalue weighted by molar-refractivity contribution is 0.133. The molecule has 1 N–H and O–H groups in total. The van der Waals surface area contributed by atoms with Gasteiger partial charge in [0.05, 0.1) is 5.69 Å². The van der Waals surface area contributed by atoms with Crippen molar-refractivity contribution in [2.24, 2.45) is 0 Å². The smallest absolute Gasteiger partial charge is 0.163 e. The van der Waals surface area contributed by atoms with E-state index in [1.165, 1.54) is 5.56 Å². The lowest BCUT2D eigenvalue weighted by Gasteiger charge is -2.44. The minimum atomic E-state index is 0.575. The Hall–Kier alpha value is -2.05. The number of aromatic nitrogens is 3. The van der Waals surface area contributed by atoms with E-state index in [4.69, 9.17) is 9.97 Å². The number of hydrogen-bond donors (Lipinski definition) is 1. The molecule has 138 valence electrons. The van der Waals surface area contributed by atoms with E-state index >= 15 is 0 Å². The molecule has 2 aliphatic rings. The van der Waals surface area contributed by atoms with E-state index in [1.807, 2.05) is 18.3 Å². The first-order chi connectivity index (χ1) is 12.7. The van der Waals surface area contributed by atoms with Gasteiger partial charge in [-0.3, -0.25) is 9.88 Å². The van der Waals surface area contributed by atoms with E-state index in [0.29, 0.717) is 12.1 Å². The zero-order valence-corrected chi connectivity index (χ0v) is 15.9. The van der Waals surface area contributed by atoms with Crippen LogP contribution in [0.25, 0.3) is 11.4 Å². The van der Waals surface area contributed by atoms with Crippen molar-refractivity contribution in [3.8, 4) is 11.4 Å². The average molecular weight is 352 g/mol. The number of fused-ring (bicyclic) bond motifs is 1. The first-order valence-corrected chi connectivity index (χ1v) is 9.69. The third-order valence-electron chi connectivity index (χ3n) is 5.55. The summed E-state index contributed by atoms with van der Waals surface area (Å²) in [6, 6.07) is 5.14. The molecule has 1 atom stereocenters. The van der Waals surface area contributed by atoms with Gasteiger partial charge in [-0.2, -0.15) is 0 Å². The van der Waals surface area contributed by atoms with E-state index in [-0.39, 0.29) is 0 Å². The molecule has 0 saturated carbocycles. The van der Waals surface area contributed by atoms with E-state index < -0.39 is 0 Å². The second kappa shape index (κ2) is 7.29. The molecule has 0 spiro atoms. The highest BCUT2D eigenvalue weighted by molar-refractivity contribution is 5.60. The van der Waals surface area contributed by atoms with Gasteiger partial charge in [0.2, 0.25) is 0 Å². The van der Waals surface area contributed by atoms with Gasteiger partial charge >= 0.3 is 0 Å². The summed E-state index contributed by atoms with van der Waals surface area (Å²) in [5.41, 5.74) is 3.38. The highest BCUT2D eigenvalue weighted by Gasteiger charge is 2.31. The first-order valence-electron chi connectivity index (χ1n) is 9.69. The number of piperazine rings is 1. The molecule has 2 aromatic rings. The van der Waals surface area contributed by atoms with E-state index in [9.17, 15) is 0 Å². The highest BCUT2D eigenvalue weighted by Crippen LogP contribution is 2.30. The quantitative estimate of drug-likeness (QED) is 0.912. The molecule has 1 saturated heterocycles. The Morgan fingerprint density at radius 1 is 1.23 bits per heavy atom. The standard InChI is InChI=1S/C20H28N6/c1-4-16-13-25(8-9-26(16)14(2)3)20-17-11-22-12-18(17)23-19(24-20)15-6-5-7-21-10-15/h5-7,10,14,16,22H,4,8-9,11-13H2,1-3H3. The van der Waals surface area contributed by atoms with Gasteiger partial charge in [0.25, 0.3) is 0 Å². The van der Waals surface area contributed by atoms with Gasteiger partial charge in [-0.05, 0) is 32.4 Å². The molecule has 0 amide bonds. The van der Waals surface area contributed by atoms with Crippen LogP contribution in [0.5, 0.6) is 0 Å². The molecule has 1 unspecified atom stereocenters. The molecule has 4 rings (SSSR count). The molecule has 1 fully saturated rings. The zero-order chi connectivity index (χ0) is 18.1. The van der Waals surface area contributed by atoms with Crippen LogP contribution in [0.1, 0.15) is 38.4 Å². The van der Waals surface area contributed by atoms with Crippen LogP contribution in [0.4, 0.5) is 5.82 Å². The monoisotopic (exact) mass is 352 g/mol. The number of nitrogens with one attached hydrogen (secondary N) is 1. The Bertz CT molecular complexity index is 760. The number of anilines is 1. The van der Waals surface area contributed by atoms with Crippen LogP contribution in [0, 0.1) is 0 Å². The Labute approximate surface area is 155 Å². The predicted octanol–water partition coefficient (Wildman–Crippen LogP) is 2.45. The largest absolute Gasteiger partial charge is 0.353 e. The van der Waals surface area contributed by atoms with Gasteiger partial charge in [0.15, 0.2) is 5.82 Å². The summed E-state index contributed by atoms with van der Waals surface area (Å²) in [4.78, 5) is 19.1. The number of rotatable bonds is 4. The summed E-state index contributed by atoms with van der Waals surface area (Å²) in [5.74, 6) is 1.90. The third-order valence-corrected chi connectivity index (χ3v) is 5.55. The summed E-state index contributed by atoms with van der Waals surface area (Å²) in [6.45, 7) is 11.7. The Balaban J connectivity index is 1.69. The van der Waals surface area contributed by atoms with Crippen molar-refractivity contribution in [2.45, 2.75) is 52.4 Å². The maximum absolute atomic E-state index is 4.99. The van der Waals surface area contributed by atoms with Crippen LogP contribution in [0.15, 0.2) is 24.5 Å². The van der Waals surface area contributed by atoms with Gasteiger partial charge in [-0.15, -0.1) is 0 Å². The molecule has 2 aromatic heterocycles. The van der Waals surface area contributed by atoms with Crippen molar-refractivity contribution < 1.29 is 0 Å². The summed E-state index contributed by atoms with van der Waals surface area (Å²) in [5, 5.41) is 3.44. The minimum Gasteiger partial charge on any atom is -0.353 e. The van der Waals surface area contributed by atoms with Crippen molar-refractivity contribution in [3.63, 3.8) is 0 Å². The van der Waals surface area contributed by atoms with E-state index in [1.54, 1.807) is 6.20 Å². The third kappa shape index (κ3) is 3.19. The maximum Gasteiger partial charge on any atom is 0.163 e. The van der Waals surface area contributed by atoms with Crippen molar-refractivity contribution in [1.82, 2.24) is 25.2 Å². The minimum absolute atomic E-state index is 0.575. The Kier molecular flexibility index (Phi) is 4.87. The first kappa shape index (κ1) is 17.4. The van der Waals surface area contributed by atoms with Crippen LogP contribution in [-0.2, 0) is 13.1 Å². The second-order valence-corrected chi connectivity index (χ2v) is 7.48. The van der Waals surface area contributed by atoms with Gasteiger partial charge in [-0.25, -0.2) is 9.97 Å². The lowest BCUT2D eigenvalue weighted by atomic mass is 10.1. The molecule has 6 nitrogen and oxygen atoms in total. The van der Waals surface area contributed by atoms with Crippen molar-refractivity contribution in [2.75, 3.05) is 24.5 Å². The maximum atomic E-state index is 4.99. The summed E-state index contributed by atoms with van der Waals surface area (Å²) >= 11 is 0. The topological polar surface area (TPSA) is 57.2 Å². The number of nitrogens with zero attached hydrogens (tertiary/aromatic N) is 5. The SMILES string of the molecule is CCC1CN(c2nc(-c3cccnc3)nc3c2CNC3)CCN1C(C)C. The molecule has 0 aromatic carbocycles. The summed E-state index contributed by atoms with van der Waals surface area (Å²) in [7, 11) is 0. The molecule has 26 heavy (non-hydrogen) atoms. The molecule has 4 heterocycles. The molecule has 6 heteroatoms. The predicted molar refractivity (Wildman–Crippen MR) is 104 cm³/mol.